The Balaban J connectivity index is 0. The van der Waals surface area contributed by atoms with Gasteiger partial charge in [0.1, 0.15) is 0 Å². The van der Waals surface area contributed by atoms with Crippen LogP contribution in [-0.4, -0.2) is 42.2 Å². The molecule has 0 radical (unpaired) electrons. The molecule has 0 amide bonds. The molecule has 3 nitrogen and oxygen atoms in total. The summed E-state index contributed by atoms with van der Waals surface area (Å²) in [5, 5.41) is 8.59. The lowest BCUT2D eigenvalue weighted by atomic mass is 9.95. The molecule has 0 aliphatic rings. The van der Waals surface area contributed by atoms with Gasteiger partial charge in [-0.3, -0.25) is 4.79 Å². The van der Waals surface area contributed by atoms with E-state index in [2.05, 4.69) is 4.74 Å². The third kappa shape index (κ3) is 3.21. The Labute approximate surface area is 71.5 Å². The standard InChI is InChI=1S/C6H12O3.Al.3H/c1-6(2,4-7)5(8)9-3;;;;/h7H,4H2,1-3H3;;;;. The fourth-order valence-electron chi connectivity index (χ4n) is 0.341. The van der Waals surface area contributed by atoms with E-state index in [9.17, 15) is 4.79 Å². The van der Waals surface area contributed by atoms with Crippen molar-refractivity contribution in [3.63, 3.8) is 0 Å². The molecule has 4 heteroatoms. The van der Waals surface area contributed by atoms with Gasteiger partial charge in [0.15, 0.2) is 17.4 Å². The number of hydrogen-bond acceptors (Lipinski definition) is 3. The molecule has 0 saturated carbocycles. The number of rotatable bonds is 2. The van der Waals surface area contributed by atoms with Crippen molar-refractivity contribution in [2.75, 3.05) is 13.7 Å². The van der Waals surface area contributed by atoms with E-state index in [1.54, 1.807) is 13.8 Å². The maximum absolute atomic E-state index is 10.7. The van der Waals surface area contributed by atoms with E-state index in [4.69, 9.17) is 5.11 Å². The van der Waals surface area contributed by atoms with Crippen molar-refractivity contribution >= 4 is 23.3 Å². The molecule has 10 heavy (non-hydrogen) atoms. The minimum atomic E-state index is -0.755. The highest BCUT2D eigenvalue weighted by Gasteiger charge is 2.27. The molecule has 0 saturated heterocycles. The van der Waals surface area contributed by atoms with Crippen molar-refractivity contribution in [3.05, 3.63) is 0 Å². The number of aliphatic hydroxyl groups is 1. The molecule has 0 aliphatic carbocycles. The smallest absolute Gasteiger partial charge is 0.313 e. The molecule has 0 aromatic heterocycles. The number of carbonyl (C=O) groups excluding carboxylic acids is 1. The molecule has 0 aromatic carbocycles. The van der Waals surface area contributed by atoms with Crippen LogP contribution in [0.3, 0.4) is 0 Å². The van der Waals surface area contributed by atoms with Crippen LogP contribution in [0.1, 0.15) is 13.8 Å². The second kappa shape index (κ2) is 4.73. The fourth-order valence-corrected chi connectivity index (χ4v) is 0.341. The van der Waals surface area contributed by atoms with Crippen LogP contribution in [0.5, 0.6) is 0 Å². The van der Waals surface area contributed by atoms with E-state index in [1.165, 1.54) is 7.11 Å². The molecule has 0 heterocycles. The maximum atomic E-state index is 10.7. The van der Waals surface area contributed by atoms with Crippen LogP contribution in [0, 0.1) is 5.41 Å². The summed E-state index contributed by atoms with van der Waals surface area (Å²) in [5.74, 6) is -0.384. The summed E-state index contributed by atoms with van der Waals surface area (Å²) in [6, 6.07) is 0. The molecule has 60 valence electrons. The highest BCUT2D eigenvalue weighted by atomic mass is 27.0. The Kier molecular flexibility index (Phi) is 5.97. The molecule has 0 bridgehead atoms. The van der Waals surface area contributed by atoms with Gasteiger partial charge in [0.25, 0.3) is 0 Å². The summed E-state index contributed by atoms with van der Waals surface area (Å²) in [6.45, 7) is 3.07. The van der Waals surface area contributed by atoms with Gasteiger partial charge in [-0.2, -0.15) is 0 Å². The Hall–Kier alpha value is -0.0375. The topological polar surface area (TPSA) is 46.5 Å². The van der Waals surface area contributed by atoms with Gasteiger partial charge in [0.05, 0.1) is 19.1 Å². The van der Waals surface area contributed by atoms with E-state index in [1.807, 2.05) is 0 Å². The number of carbonyl (C=O) groups is 1. The number of methoxy groups -OCH3 is 1. The first-order valence-electron chi connectivity index (χ1n) is 2.74. The third-order valence-electron chi connectivity index (χ3n) is 1.13. The average Bonchev–Trinajstić information content (AvgIpc) is 1.86. The number of ether oxygens (including phenoxy) is 1. The second-order valence-corrected chi connectivity index (χ2v) is 2.53. The van der Waals surface area contributed by atoms with Gasteiger partial charge in [0, 0.05) is 0 Å². The van der Waals surface area contributed by atoms with Crippen LogP contribution < -0.4 is 0 Å². The van der Waals surface area contributed by atoms with Gasteiger partial charge in [0.2, 0.25) is 0 Å². The van der Waals surface area contributed by atoms with Gasteiger partial charge in [-0.05, 0) is 13.8 Å². The predicted octanol–water partition coefficient (Wildman–Crippen LogP) is -1.01. The predicted molar refractivity (Wildman–Crippen MR) is 42.8 cm³/mol. The van der Waals surface area contributed by atoms with Crippen LogP contribution in [0.2, 0.25) is 0 Å². The molecule has 0 rings (SSSR count). The second-order valence-electron chi connectivity index (χ2n) is 2.53. The van der Waals surface area contributed by atoms with Crippen LogP contribution in [0.4, 0.5) is 0 Å². The zero-order valence-corrected chi connectivity index (χ0v) is 5.97. The van der Waals surface area contributed by atoms with E-state index < -0.39 is 5.41 Å². The van der Waals surface area contributed by atoms with Crippen molar-refractivity contribution in [3.8, 4) is 0 Å². The summed E-state index contributed by atoms with van der Waals surface area (Å²) in [6.07, 6.45) is 0. The van der Waals surface area contributed by atoms with E-state index in [-0.39, 0.29) is 29.9 Å². The summed E-state index contributed by atoms with van der Waals surface area (Å²) < 4.78 is 4.41. The third-order valence-corrected chi connectivity index (χ3v) is 1.13. The summed E-state index contributed by atoms with van der Waals surface area (Å²) in [7, 11) is 1.31. The minimum Gasteiger partial charge on any atom is -0.469 e. The van der Waals surface area contributed by atoms with Crippen LogP contribution in [-0.2, 0) is 9.53 Å². The first-order valence-corrected chi connectivity index (χ1v) is 2.74. The summed E-state index contributed by atoms with van der Waals surface area (Å²) in [5.41, 5.74) is -0.755. The molecular formula is C6H15AlO3. The quantitative estimate of drug-likeness (QED) is 0.418. The lowest BCUT2D eigenvalue weighted by molar-refractivity contribution is -0.152. The van der Waals surface area contributed by atoms with Crippen molar-refractivity contribution in [1.29, 1.82) is 0 Å². The summed E-state index contributed by atoms with van der Waals surface area (Å²) in [4.78, 5) is 10.7. The fraction of sp³-hybridized carbons (Fsp3) is 0.833. The molecule has 1 N–H and O–H groups in total. The van der Waals surface area contributed by atoms with Crippen LogP contribution in [0.15, 0.2) is 0 Å². The number of aliphatic hydroxyl groups excluding tert-OH is 1. The normalized spacial score (nSPS) is 10.0. The van der Waals surface area contributed by atoms with Gasteiger partial charge >= 0.3 is 5.97 Å². The van der Waals surface area contributed by atoms with Gasteiger partial charge in [-0.25, -0.2) is 0 Å². The van der Waals surface area contributed by atoms with Crippen LogP contribution >= 0.6 is 0 Å². The van der Waals surface area contributed by atoms with Gasteiger partial charge in [-0.1, -0.05) is 0 Å². The molecule has 0 spiro atoms. The van der Waals surface area contributed by atoms with Crippen LogP contribution in [0.25, 0.3) is 0 Å². The van der Waals surface area contributed by atoms with E-state index in [0.717, 1.165) is 0 Å². The molecular weight excluding hydrogens is 147 g/mol. The molecule has 0 atom stereocenters. The first-order chi connectivity index (χ1) is 4.04. The first kappa shape index (κ1) is 12.6. The zero-order chi connectivity index (χ0) is 7.49. The highest BCUT2D eigenvalue weighted by molar-refractivity contribution is 5.76. The molecule has 0 aliphatic heterocycles. The summed E-state index contributed by atoms with van der Waals surface area (Å²) >= 11 is 0. The Morgan fingerprint density at radius 3 is 2.10 bits per heavy atom. The molecule has 0 fully saturated rings. The number of esters is 1. The van der Waals surface area contributed by atoms with Crippen molar-refractivity contribution in [2.45, 2.75) is 13.8 Å². The molecule has 0 aromatic rings. The van der Waals surface area contributed by atoms with Gasteiger partial charge < -0.3 is 9.84 Å². The molecule has 0 unspecified atom stereocenters. The Morgan fingerprint density at radius 2 is 2.00 bits per heavy atom. The van der Waals surface area contributed by atoms with Crippen molar-refractivity contribution < 1.29 is 14.6 Å². The minimum absolute atomic E-state index is 0. The monoisotopic (exact) mass is 162 g/mol. The van der Waals surface area contributed by atoms with Crippen molar-refractivity contribution in [2.24, 2.45) is 5.41 Å². The van der Waals surface area contributed by atoms with E-state index in [0.29, 0.717) is 0 Å². The Morgan fingerprint density at radius 1 is 1.60 bits per heavy atom. The largest absolute Gasteiger partial charge is 0.469 e. The Bertz CT molecular complexity index is 112. The highest BCUT2D eigenvalue weighted by Crippen LogP contribution is 2.14. The van der Waals surface area contributed by atoms with Crippen molar-refractivity contribution in [1.82, 2.24) is 0 Å². The zero-order valence-electron chi connectivity index (χ0n) is 5.97. The van der Waals surface area contributed by atoms with Gasteiger partial charge in [-0.15, -0.1) is 0 Å². The maximum Gasteiger partial charge on any atom is 0.313 e. The SMILES string of the molecule is COC(=O)C(C)(C)CO.[AlH3]. The lowest BCUT2D eigenvalue weighted by Gasteiger charge is -2.16. The number of hydrogen-bond donors (Lipinski definition) is 1. The average molecular weight is 162 g/mol. The lowest BCUT2D eigenvalue weighted by Crippen LogP contribution is -2.29. The van der Waals surface area contributed by atoms with E-state index >= 15 is 0 Å².